The molecule has 20 heavy (non-hydrogen) atoms. The highest BCUT2D eigenvalue weighted by atomic mass is 32.1. The molecule has 0 aliphatic carbocycles. The summed E-state index contributed by atoms with van der Waals surface area (Å²) in [5.74, 6) is 2.47. The lowest BCUT2D eigenvalue weighted by Crippen LogP contribution is -2.33. The largest absolute Gasteiger partial charge is 0.454 e. The quantitative estimate of drug-likeness (QED) is 0.690. The van der Waals surface area contributed by atoms with Gasteiger partial charge in [0.1, 0.15) is 0 Å². The highest BCUT2D eigenvalue weighted by Gasteiger charge is 2.12. The van der Waals surface area contributed by atoms with Gasteiger partial charge < -0.3 is 9.47 Å². The minimum absolute atomic E-state index is 0.312. The fourth-order valence-electron chi connectivity index (χ4n) is 2.05. The standard InChI is InChI=1S/C16H15NO2S/c20-10-9-17-7-5-13(6-8-17)1-2-14-3-4-15-16(11-14)19-12-18-15/h1-8,11H,9-10,12H2/p+1/b2-1+. The van der Waals surface area contributed by atoms with E-state index in [0.717, 1.165) is 34.9 Å². The van der Waals surface area contributed by atoms with Gasteiger partial charge in [-0.25, -0.2) is 4.57 Å². The van der Waals surface area contributed by atoms with Crippen LogP contribution in [0.2, 0.25) is 0 Å². The molecule has 2 aromatic rings. The molecule has 102 valence electrons. The maximum absolute atomic E-state index is 5.37. The lowest BCUT2D eigenvalue weighted by molar-refractivity contribution is -0.692. The Hall–Kier alpha value is -1.94. The highest BCUT2D eigenvalue weighted by Crippen LogP contribution is 2.32. The van der Waals surface area contributed by atoms with Crippen molar-refractivity contribution in [1.82, 2.24) is 0 Å². The van der Waals surface area contributed by atoms with Crippen LogP contribution in [-0.4, -0.2) is 12.5 Å². The maximum atomic E-state index is 5.37. The van der Waals surface area contributed by atoms with Crippen molar-refractivity contribution in [3.05, 3.63) is 53.9 Å². The lowest BCUT2D eigenvalue weighted by atomic mass is 10.1. The van der Waals surface area contributed by atoms with Gasteiger partial charge >= 0.3 is 0 Å². The topological polar surface area (TPSA) is 22.3 Å². The number of benzene rings is 1. The van der Waals surface area contributed by atoms with Crippen molar-refractivity contribution in [2.75, 3.05) is 12.5 Å². The van der Waals surface area contributed by atoms with Crippen molar-refractivity contribution < 1.29 is 14.0 Å². The monoisotopic (exact) mass is 286 g/mol. The molecule has 1 aliphatic heterocycles. The van der Waals surface area contributed by atoms with E-state index >= 15 is 0 Å². The predicted octanol–water partition coefficient (Wildman–Crippen LogP) is 2.80. The Kier molecular flexibility index (Phi) is 3.92. The van der Waals surface area contributed by atoms with E-state index in [1.807, 2.05) is 18.2 Å². The fourth-order valence-corrected chi connectivity index (χ4v) is 2.28. The van der Waals surface area contributed by atoms with Crippen LogP contribution in [0.5, 0.6) is 11.5 Å². The number of aromatic nitrogens is 1. The molecule has 4 heteroatoms. The Bertz CT molecular complexity index is 623. The zero-order chi connectivity index (χ0) is 13.8. The van der Waals surface area contributed by atoms with Gasteiger partial charge in [-0.3, -0.25) is 0 Å². The van der Waals surface area contributed by atoms with Gasteiger partial charge in [-0.1, -0.05) is 18.2 Å². The summed E-state index contributed by atoms with van der Waals surface area (Å²) in [5, 5.41) is 0. The van der Waals surface area contributed by atoms with Gasteiger partial charge in [-0.2, -0.15) is 12.6 Å². The van der Waals surface area contributed by atoms with Crippen LogP contribution in [0.3, 0.4) is 0 Å². The first kappa shape index (κ1) is 13.1. The van der Waals surface area contributed by atoms with Gasteiger partial charge in [0.15, 0.2) is 30.4 Å². The fraction of sp³-hybridized carbons (Fsp3) is 0.188. The molecule has 0 saturated heterocycles. The molecule has 1 aromatic carbocycles. The zero-order valence-electron chi connectivity index (χ0n) is 11.0. The third-order valence-electron chi connectivity index (χ3n) is 3.14. The Morgan fingerprint density at radius 1 is 1.00 bits per heavy atom. The van der Waals surface area contributed by atoms with Crippen molar-refractivity contribution in [3.63, 3.8) is 0 Å². The number of aryl methyl sites for hydroxylation is 1. The average Bonchev–Trinajstić information content (AvgIpc) is 2.94. The maximum Gasteiger partial charge on any atom is 0.231 e. The highest BCUT2D eigenvalue weighted by molar-refractivity contribution is 7.80. The van der Waals surface area contributed by atoms with E-state index in [-0.39, 0.29) is 0 Å². The number of hydrogen-bond acceptors (Lipinski definition) is 3. The van der Waals surface area contributed by atoms with Gasteiger partial charge in [0.25, 0.3) is 0 Å². The third kappa shape index (κ3) is 2.96. The molecule has 3 rings (SSSR count). The second-order valence-electron chi connectivity index (χ2n) is 4.54. The molecule has 3 nitrogen and oxygen atoms in total. The molecule has 0 saturated carbocycles. The summed E-state index contributed by atoms with van der Waals surface area (Å²) < 4.78 is 12.8. The Balaban J connectivity index is 1.73. The molecule has 1 aromatic heterocycles. The SMILES string of the molecule is SCC[n+]1ccc(/C=C/c2ccc3c(c2)OCO3)cc1. The van der Waals surface area contributed by atoms with Crippen molar-refractivity contribution in [3.8, 4) is 11.5 Å². The van der Waals surface area contributed by atoms with Crippen LogP contribution in [0.4, 0.5) is 0 Å². The molecule has 0 unspecified atom stereocenters. The van der Waals surface area contributed by atoms with E-state index in [2.05, 4.69) is 53.9 Å². The second kappa shape index (κ2) is 6.01. The Morgan fingerprint density at radius 2 is 1.75 bits per heavy atom. The summed E-state index contributed by atoms with van der Waals surface area (Å²) in [5.41, 5.74) is 2.26. The summed E-state index contributed by atoms with van der Waals surface area (Å²) in [6.45, 7) is 1.24. The first-order valence-electron chi connectivity index (χ1n) is 6.53. The van der Waals surface area contributed by atoms with Crippen molar-refractivity contribution in [2.24, 2.45) is 0 Å². The third-order valence-corrected chi connectivity index (χ3v) is 3.34. The van der Waals surface area contributed by atoms with Crippen LogP contribution < -0.4 is 14.0 Å². The van der Waals surface area contributed by atoms with Gasteiger partial charge in [0, 0.05) is 17.9 Å². The van der Waals surface area contributed by atoms with Crippen LogP contribution in [-0.2, 0) is 6.54 Å². The number of nitrogens with zero attached hydrogens (tertiary/aromatic N) is 1. The molecule has 0 spiro atoms. The predicted molar refractivity (Wildman–Crippen MR) is 82.0 cm³/mol. The molecular formula is C16H16NO2S+. The van der Waals surface area contributed by atoms with Crippen molar-refractivity contribution >= 4 is 24.8 Å². The summed E-state index contributed by atoms with van der Waals surface area (Å²) in [6.07, 6.45) is 8.29. The summed E-state index contributed by atoms with van der Waals surface area (Å²) in [6, 6.07) is 10.1. The summed E-state index contributed by atoms with van der Waals surface area (Å²) in [7, 11) is 0. The number of fused-ring (bicyclic) bond motifs is 1. The van der Waals surface area contributed by atoms with Gasteiger partial charge in [-0.05, 0) is 23.3 Å². The number of rotatable bonds is 4. The first-order valence-corrected chi connectivity index (χ1v) is 7.16. The van der Waals surface area contributed by atoms with Crippen LogP contribution in [0, 0.1) is 0 Å². The smallest absolute Gasteiger partial charge is 0.231 e. The van der Waals surface area contributed by atoms with E-state index in [1.54, 1.807) is 0 Å². The van der Waals surface area contributed by atoms with Gasteiger partial charge in [0.2, 0.25) is 6.79 Å². The van der Waals surface area contributed by atoms with Crippen LogP contribution in [0.25, 0.3) is 12.2 Å². The Labute approximate surface area is 123 Å². The molecule has 0 atom stereocenters. The van der Waals surface area contributed by atoms with E-state index in [4.69, 9.17) is 9.47 Å². The molecule has 0 bridgehead atoms. The van der Waals surface area contributed by atoms with Crippen LogP contribution >= 0.6 is 12.6 Å². The Morgan fingerprint density at radius 3 is 2.55 bits per heavy atom. The first-order chi connectivity index (χ1) is 9.85. The normalized spacial score (nSPS) is 13.1. The van der Waals surface area contributed by atoms with Crippen molar-refractivity contribution in [1.29, 1.82) is 0 Å². The van der Waals surface area contributed by atoms with E-state index in [1.165, 1.54) is 0 Å². The minimum Gasteiger partial charge on any atom is -0.454 e. The molecule has 0 radical (unpaired) electrons. The second-order valence-corrected chi connectivity index (χ2v) is 4.99. The van der Waals surface area contributed by atoms with Gasteiger partial charge in [-0.15, -0.1) is 0 Å². The summed E-state index contributed by atoms with van der Waals surface area (Å²) in [4.78, 5) is 0. The molecule has 2 heterocycles. The molecular weight excluding hydrogens is 270 g/mol. The zero-order valence-corrected chi connectivity index (χ0v) is 11.9. The molecule has 1 aliphatic rings. The summed E-state index contributed by atoms with van der Waals surface area (Å²) >= 11 is 4.22. The average molecular weight is 286 g/mol. The number of pyridine rings is 1. The van der Waals surface area contributed by atoms with Crippen LogP contribution in [0.15, 0.2) is 42.7 Å². The van der Waals surface area contributed by atoms with E-state index in [0.29, 0.717) is 6.79 Å². The minimum atomic E-state index is 0.312. The number of ether oxygens (including phenoxy) is 2. The number of hydrogen-bond donors (Lipinski definition) is 1. The lowest BCUT2D eigenvalue weighted by Gasteiger charge is -1.98. The molecule has 0 fully saturated rings. The molecule has 0 N–H and O–H groups in total. The van der Waals surface area contributed by atoms with Crippen LogP contribution in [0.1, 0.15) is 11.1 Å². The van der Waals surface area contributed by atoms with E-state index < -0.39 is 0 Å². The van der Waals surface area contributed by atoms with Gasteiger partial charge in [0.05, 0.1) is 0 Å². The molecule has 0 amide bonds. The van der Waals surface area contributed by atoms with E-state index in [9.17, 15) is 0 Å². The van der Waals surface area contributed by atoms with Crippen molar-refractivity contribution in [2.45, 2.75) is 6.54 Å². The number of thiol groups is 1.